The number of imidazole rings is 1. The Kier molecular flexibility index (Phi) is 3.67. The van der Waals surface area contributed by atoms with E-state index < -0.39 is 0 Å². The van der Waals surface area contributed by atoms with E-state index in [9.17, 15) is 9.59 Å². The van der Waals surface area contributed by atoms with E-state index in [1.165, 1.54) is 0 Å². The number of nitrogens with zero attached hydrogens (tertiary/aromatic N) is 2. The van der Waals surface area contributed by atoms with Gasteiger partial charge in [0.25, 0.3) is 5.91 Å². The number of H-pyrrole nitrogens is 1. The van der Waals surface area contributed by atoms with Gasteiger partial charge in [0.05, 0.1) is 5.52 Å². The summed E-state index contributed by atoms with van der Waals surface area (Å²) in [4.78, 5) is 32.3. The van der Waals surface area contributed by atoms with Crippen molar-refractivity contribution in [3.63, 3.8) is 0 Å². The van der Waals surface area contributed by atoms with Crippen molar-refractivity contribution in [1.82, 2.24) is 19.9 Å². The Bertz CT molecular complexity index is 1100. The Labute approximate surface area is 156 Å². The normalized spacial score (nSPS) is 17.1. The molecule has 138 valence electrons. The van der Waals surface area contributed by atoms with Crippen molar-refractivity contribution in [2.75, 3.05) is 0 Å². The molecule has 0 spiro atoms. The number of carbonyl (C=O) groups excluding carboxylic acids is 1. The Morgan fingerprint density at radius 3 is 2.74 bits per heavy atom. The summed E-state index contributed by atoms with van der Waals surface area (Å²) in [6, 6.07) is 8.29. The molecule has 0 aliphatic heterocycles. The fourth-order valence-corrected chi connectivity index (χ4v) is 3.71. The second-order valence-corrected chi connectivity index (χ2v) is 7.76. The summed E-state index contributed by atoms with van der Waals surface area (Å²) in [5, 5.41) is 3.03. The number of nitrogens with one attached hydrogen (secondary N) is 2. The van der Waals surface area contributed by atoms with Gasteiger partial charge in [-0.05, 0) is 68.4 Å². The van der Waals surface area contributed by atoms with E-state index in [4.69, 9.17) is 0 Å². The second kappa shape index (κ2) is 6.08. The van der Waals surface area contributed by atoms with E-state index in [1.54, 1.807) is 10.8 Å². The van der Waals surface area contributed by atoms with Crippen molar-refractivity contribution in [2.24, 2.45) is 0 Å². The van der Waals surface area contributed by atoms with Crippen LogP contribution in [0.5, 0.6) is 0 Å². The first kappa shape index (κ1) is 16.3. The van der Waals surface area contributed by atoms with E-state index in [-0.39, 0.29) is 17.6 Å². The summed E-state index contributed by atoms with van der Waals surface area (Å²) >= 11 is 0. The smallest absolute Gasteiger partial charge is 0.327 e. The standard InChI is InChI=1S/C21H22N4O2/c1-12-5-6-13(20(26)23-15-7-8-15)9-17(12)14-10-18-19(22-11-14)25(21(27)24-18)16-3-2-4-16/h5-6,9-11,15-16H,2-4,7-8H2,1H3,(H,23,26)(H,24,27). The van der Waals surface area contributed by atoms with Gasteiger partial charge in [0, 0.05) is 29.4 Å². The molecule has 6 nitrogen and oxygen atoms in total. The highest BCUT2D eigenvalue weighted by molar-refractivity contribution is 5.96. The molecule has 0 unspecified atom stereocenters. The molecular formula is C21H22N4O2. The number of hydrogen-bond donors (Lipinski definition) is 2. The van der Waals surface area contributed by atoms with E-state index in [2.05, 4.69) is 15.3 Å². The first-order valence-electron chi connectivity index (χ1n) is 9.62. The predicted molar refractivity (Wildman–Crippen MR) is 104 cm³/mol. The lowest BCUT2D eigenvalue weighted by atomic mass is 9.93. The van der Waals surface area contributed by atoms with Gasteiger partial charge >= 0.3 is 5.69 Å². The number of aromatic nitrogens is 3. The van der Waals surface area contributed by atoms with Gasteiger partial charge in [-0.3, -0.25) is 9.36 Å². The molecule has 1 aromatic carbocycles. The summed E-state index contributed by atoms with van der Waals surface area (Å²) in [6.07, 6.45) is 7.17. The molecule has 3 aromatic rings. The molecule has 5 rings (SSSR count). The van der Waals surface area contributed by atoms with Crippen molar-refractivity contribution in [1.29, 1.82) is 0 Å². The van der Waals surface area contributed by atoms with Crippen molar-refractivity contribution in [3.8, 4) is 11.1 Å². The molecule has 2 N–H and O–H groups in total. The number of pyridine rings is 1. The number of amides is 1. The van der Waals surface area contributed by atoms with Crippen LogP contribution in [0.15, 0.2) is 35.3 Å². The van der Waals surface area contributed by atoms with E-state index in [1.807, 2.05) is 31.2 Å². The summed E-state index contributed by atoms with van der Waals surface area (Å²) < 4.78 is 1.79. The van der Waals surface area contributed by atoms with Crippen molar-refractivity contribution in [3.05, 3.63) is 52.1 Å². The van der Waals surface area contributed by atoms with Crippen LogP contribution in [0.3, 0.4) is 0 Å². The van der Waals surface area contributed by atoms with Crippen LogP contribution < -0.4 is 11.0 Å². The molecule has 2 fully saturated rings. The molecule has 2 saturated carbocycles. The molecule has 0 saturated heterocycles. The number of benzene rings is 1. The molecular weight excluding hydrogens is 340 g/mol. The maximum atomic E-state index is 12.4. The van der Waals surface area contributed by atoms with Gasteiger partial charge in [0.2, 0.25) is 0 Å². The number of carbonyl (C=O) groups is 1. The Morgan fingerprint density at radius 2 is 2.04 bits per heavy atom. The highest BCUT2D eigenvalue weighted by atomic mass is 16.2. The third-order valence-corrected chi connectivity index (χ3v) is 5.72. The highest BCUT2D eigenvalue weighted by Gasteiger charge is 2.25. The number of aromatic amines is 1. The van der Waals surface area contributed by atoms with Crippen LogP contribution in [0.25, 0.3) is 22.3 Å². The van der Waals surface area contributed by atoms with Crippen molar-refractivity contribution >= 4 is 17.1 Å². The Morgan fingerprint density at radius 1 is 1.22 bits per heavy atom. The minimum absolute atomic E-state index is 0.0302. The molecule has 0 atom stereocenters. The molecule has 2 aliphatic rings. The monoisotopic (exact) mass is 362 g/mol. The average molecular weight is 362 g/mol. The van der Waals surface area contributed by atoms with Crippen molar-refractivity contribution < 1.29 is 4.79 Å². The number of fused-ring (bicyclic) bond motifs is 1. The van der Waals surface area contributed by atoms with Crippen LogP contribution in [0.2, 0.25) is 0 Å². The zero-order valence-electron chi connectivity index (χ0n) is 15.3. The third kappa shape index (κ3) is 2.85. The van der Waals surface area contributed by atoms with Crippen LogP contribution in [0, 0.1) is 6.92 Å². The summed E-state index contributed by atoms with van der Waals surface area (Å²) in [5.74, 6) is -0.0302. The number of hydrogen-bond acceptors (Lipinski definition) is 3. The van der Waals surface area contributed by atoms with Crippen LogP contribution in [-0.4, -0.2) is 26.5 Å². The minimum Gasteiger partial charge on any atom is -0.349 e. The summed E-state index contributed by atoms with van der Waals surface area (Å²) in [6.45, 7) is 2.02. The molecule has 6 heteroatoms. The lowest BCUT2D eigenvalue weighted by Crippen LogP contribution is -2.27. The van der Waals surface area contributed by atoms with Gasteiger partial charge in [0.15, 0.2) is 5.65 Å². The zero-order valence-corrected chi connectivity index (χ0v) is 15.3. The van der Waals surface area contributed by atoms with E-state index in [0.717, 1.165) is 54.3 Å². The quantitative estimate of drug-likeness (QED) is 0.747. The van der Waals surface area contributed by atoms with Gasteiger partial charge in [0.1, 0.15) is 0 Å². The Balaban J connectivity index is 1.54. The van der Waals surface area contributed by atoms with Gasteiger partial charge in [-0.2, -0.15) is 0 Å². The topological polar surface area (TPSA) is 79.8 Å². The molecule has 0 bridgehead atoms. The maximum Gasteiger partial charge on any atom is 0.327 e. The van der Waals surface area contributed by atoms with E-state index >= 15 is 0 Å². The molecule has 0 radical (unpaired) electrons. The molecule has 2 heterocycles. The Hall–Kier alpha value is -2.89. The van der Waals surface area contributed by atoms with Gasteiger partial charge in [-0.15, -0.1) is 0 Å². The van der Waals surface area contributed by atoms with Crippen LogP contribution in [0.1, 0.15) is 54.1 Å². The SMILES string of the molecule is Cc1ccc(C(=O)NC2CC2)cc1-c1cnc2c(c1)[nH]c(=O)n2C1CCC1. The van der Waals surface area contributed by atoms with Gasteiger partial charge in [-0.1, -0.05) is 6.07 Å². The summed E-state index contributed by atoms with van der Waals surface area (Å²) in [5.41, 5.74) is 4.97. The molecule has 2 aromatic heterocycles. The molecule has 1 amide bonds. The lowest BCUT2D eigenvalue weighted by molar-refractivity contribution is 0.0951. The van der Waals surface area contributed by atoms with Crippen LogP contribution >= 0.6 is 0 Å². The fourth-order valence-electron chi connectivity index (χ4n) is 3.71. The fraction of sp³-hybridized carbons (Fsp3) is 0.381. The maximum absolute atomic E-state index is 12.4. The predicted octanol–water partition coefficient (Wildman–Crippen LogP) is 3.32. The average Bonchev–Trinajstić information content (AvgIpc) is 3.36. The van der Waals surface area contributed by atoms with E-state index in [0.29, 0.717) is 17.3 Å². The zero-order chi connectivity index (χ0) is 18.5. The first-order valence-corrected chi connectivity index (χ1v) is 9.62. The molecule has 2 aliphatic carbocycles. The third-order valence-electron chi connectivity index (χ3n) is 5.72. The number of aryl methyl sites for hydroxylation is 1. The first-order chi connectivity index (χ1) is 13.1. The van der Waals surface area contributed by atoms with Crippen molar-refractivity contribution in [2.45, 2.75) is 51.1 Å². The van der Waals surface area contributed by atoms with Gasteiger partial charge in [-0.25, -0.2) is 9.78 Å². The van der Waals surface area contributed by atoms with Crippen LogP contribution in [0.4, 0.5) is 0 Å². The van der Waals surface area contributed by atoms with Gasteiger partial charge < -0.3 is 10.3 Å². The second-order valence-electron chi connectivity index (χ2n) is 7.76. The largest absolute Gasteiger partial charge is 0.349 e. The lowest BCUT2D eigenvalue weighted by Gasteiger charge is -2.26. The summed E-state index contributed by atoms with van der Waals surface area (Å²) in [7, 11) is 0. The minimum atomic E-state index is -0.0892. The molecule has 27 heavy (non-hydrogen) atoms. The highest BCUT2D eigenvalue weighted by Crippen LogP contribution is 2.33. The van der Waals surface area contributed by atoms with Crippen LogP contribution in [-0.2, 0) is 0 Å². The number of rotatable bonds is 4.